The minimum absolute atomic E-state index is 0.0164. The fraction of sp³-hybridized carbons (Fsp3) is 0.136. The molecule has 0 atom stereocenters. The van der Waals surface area contributed by atoms with E-state index in [1.807, 2.05) is 6.92 Å². The number of phenolic OH excluding ortho intramolecular Hbond substituents is 1. The summed E-state index contributed by atoms with van der Waals surface area (Å²) in [5.41, 5.74) is 3.04. The number of aromatic hydroxyl groups is 1. The van der Waals surface area contributed by atoms with Gasteiger partial charge in [0, 0.05) is 4.47 Å². The molecule has 1 heterocycles. The molecule has 1 amide bonds. The number of carboxylic acid groups (broad SMARTS) is 1. The van der Waals surface area contributed by atoms with E-state index in [0.29, 0.717) is 38.4 Å². The largest absolute Gasteiger partial charge is 0.506 e. The minimum atomic E-state index is -1.16. The van der Waals surface area contributed by atoms with Gasteiger partial charge in [-0.05, 0) is 70.9 Å². The first-order valence-corrected chi connectivity index (χ1v) is 11.1. The summed E-state index contributed by atoms with van der Waals surface area (Å²) < 4.78 is 17.5. The Bertz CT molecular complexity index is 1210. The molecule has 0 radical (unpaired) electrons. The van der Waals surface area contributed by atoms with Crippen LogP contribution in [0.2, 0.25) is 0 Å². The van der Waals surface area contributed by atoms with Crippen LogP contribution in [0.15, 0.2) is 60.9 Å². The topological polar surface area (TPSA) is 131 Å². The van der Waals surface area contributed by atoms with Crippen molar-refractivity contribution in [3.05, 3.63) is 74.1 Å². The van der Waals surface area contributed by atoms with Crippen LogP contribution < -0.4 is 14.9 Å². The van der Waals surface area contributed by atoms with Crippen molar-refractivity contribution in [3.8, 4) is 17.2 Å². The van der Waals surface area contributed by atoms with Crippen LogP contribution in [-0.2, 0) is 6.61 Å². The summed E-state index contributed by atoms with van der Waals surface area (Å²) in [5.74, 6) is -0.898. The predicted molar refractivity (Wildman–Crippen MR) is 126 cm³/mol. The van der Waals surface area contributed by atoms with Gasteiger partial charge in [-0.1, -0.05) is 15.9 Å². The van der Waals surface area contributed by atoms with Crippen LogP contribution in [0.4, 0.5) is 0 Å². The number of phenols is 1. The normalized spacial score (nSPS) is 10.9. The molecule has 0 unspecified atom stereocenters. The third-order valence-corrected chi connectivity index (χ3v) is 5.22. The summed E-state index contributed by atoms with van der Waals surface area (Å²) in [4.78, 5) is 23.2. The maximum Gasteiger partial charge on any atom is 0.371 e. The molecule has 0 saturated heterocycles. The number of hydrogen-bond acceptors (Lipinski definition) is 7. The molecule has 1 aromatic heterocycles. The van der Waals surface area contributed by atoms with Crippen LogP contribution >= 0.6 is 31.9 Å². The van der Waals surface area contributed by atoms with Crippen molar-refractivity contribution >= 4 is 50.0 Å². The number of halogens is 2. The molecule has 11 heteroatoms. The van der Waals surface area contributed by atoms with Gasteiger partial charge in [-0.2, -0.15) is 5.10 Å². The monoisotopic (exact) mass is 580 g/mol. The Labute approximate surface area is 205 Å². The molecular formula is C22H18Br2N2O7. The number of carbonyl (C=O) groups excluding carboxylic acids is 1. The van der Waals surface area contributed by atoms with E-state index in [4.69, 9.17) is 19.0 Å². The number of nitrogens with zero attached hydrogens (tertiary/aromatic N) is 1. The summed E-state index contributed by atoms with van der Waals surface area (Å²) in [6, 6.07) is 11.0. The highest BCUT2D eigenvalue weighted by atomic mass is 79.9. The molecule has 3 aromatic rings. The van der Waals surface area contributed by atoms with Crippen LogP contribution in [-0.4, -0.2) is 34.9 Å². The Balaban J connectivity index is 1.68. The first kappa shape index (κ1) is 24.3. The maximum absolute atomic E-state index is 12.3. The van der Waals surface area contributed by atoms with E-state index < -0.39 is 11.9 Å². The average molecular weight is 582 g/mol. The van der Waals surface area contributed by atoms with Gasteiger partial charge >= 0.3 is 5.97 Å². The van der Waals surface area contributed by atoms with Crippen LogP contribution in [0.25, 0.3) is 0 Å². The zero-order chi connectivity index (χ0) is 24.0. The number of benzene rings is 2. The third-order valence-electron chi connectivity index (χ3n) is 4.16. The molecule has 0 aliphatic heterocycles. The summed E-state index contributed by atoms with van der Waals surface area (Å²) in [6.07, 6.45) is 1.42. The van der Waals surface area contributed by atoms with Gasteiger partial charge in [0.25, 0.3) is 5.91 Å². The molecule has 3 rings (SSSR count). The van der Waals surface area contributed by atoms with Gasteiger partial charge in [-0.15, -0.1) is 0 Å². The number of amides is 1. The van der Waals surface area contributed by atoms with Crippen LogP contribution in [0.3, 0.4) is 0 Å². The predicted octanol–water partition coefficient (Wildman–Crippen LogP) is 4.95. The van der Waals surface area contributed by atoms with E-state index in [2.05, 4.69) is 42.4 Å². The second-order valence-electron chi connectivity index (χ2n) is 6.48. The van der Waals surface area contributed by atoms with Crippen molar-refractivity contribution in [1.29, 1.82) is 0 Å². The highest BCUT2D eigenvalue weighted by molar-refractivity contribution is 9.11. The molecule has 0 bridgehead atoms. The summed E-state index contributed by atoms with van der Waals surface area (Å²) >= 11 is 6.45. The third kappa shape index (κ3) is 6.36. The second-order valence-corrected chi connectivity index (χ2v) is 8.25. The molecule has 0 saturated carbocycles. The van der Waals surface area contributed by atoms with E-state index in [1.54, 1.807) is 24.3 Å². The molecular weight excluding hydrogens is 564 g/mol. The molecule has 0 fully saturated rings. The Hall–Kier alpha value is -3.31. The molecule has 0 aliphatic carbocycles. The lowest BCUT2D eigenvalue weighted by molar-refractivity contribution is 0.0657. The first-order valence-electron chi connectivity index (χ1n) is 9.51. The smallest absolute Gasteiger partial charge is 0.371 e. The van der Waals surface area contributed by atoms with Crippen molar-refractivity contribution in [2.24, 2.45) is 5.10 Å². The molecule has 3 N–H and O–H groups in total. The first-order chi connectivity index (χ1) is 15.8. The van der Waals surface area contributed by atoms with Gasteiger partial charge in [-0.3, -0.25) is 4.79 Å². The van der Waals surface area contributed by atoms with Crippen LogP contribution in [0, 0.1) is 0 Å². The van der Waals surface area contributed by atoms with Crippen molar-refractivity contribution in [3.63, 3.8) is 0 Å². The molecule has 172 valence electrons. The Kier molecular flexibility index (Phi) is 8.12. The van der Waals surface area contributed by atoms with E-state index in [9.17, 15) is 14.7 Å². The Morgan fingerprint density at radius 1 is 1.12 bits per heavy atom. The van der Waals surface area contributed by atoms with Gasteiger partial charge in [-0.25, -0.2) is 10.2 Å². The molecule has 0 aliphatic rings. The van der Waals surface area contributed by atoms with Crippen molar-refractivity contribution in [1.82, 2.24) is 5.43 Å². The van der Waals surface area contributed by atoms with E-state index in [1.165, 1.54) is 24.4 Å². The SMILES string of the molecule is CCOc1cc(C=NNC(=O)c2cc(Br)cc(Br)c2O)ccc1OCc1ccc(C(=O)O)o1. The number of nitrogens with one attached hydrogen (secondary N) is 1. The summed E-state index contributed by atoms with van der Waals surface area (Å²) in [6.45, 7) is 2.22. The van der Waals surface area contributed by atoms with Crippen LogP contribution in [0.5, 0.6) is 17.2 Å². The molecule has 9 nitrogen and oxygen atoms in total. The lowest BCUT2D eigenvalue weighted by atomic mass is 10.2. The number of aromatic carboxylic acids is 1. The van der Waals surface area contributed by atoms with Crippen molar-refractivity contribution in [2.45, 2.75) is 13.5 Å². The van der Waals surface area contributed by atoms with E-state index >= 15 is 0 Å². The minimum Gasteiger partial charge on any atom is -0.506 e. The zero-order valence-electron chi connectivity index (χ0n) is 17.2. The molecule has 0 spiro atoms. The van der Waals surface area contributed by atoms with E-state index in [0.717, 1.165) is 0 Å². The standard InChI is InChI=1S/C22H18Br2N2O7/c1-2-31-19-7-12(3-5-17(19)32-11-14-4-6-18(33-14)22(29)30)10-25-26-21(28)15-8-13(23)9-16(24)20(15)27/h3-10,27H,2,11H2,1H3,(H,26,28)(H,29,30). The maximum atomic E-state index is 12.3. The molecule has 2 aromatic carbocycles. The Morgan fingerprint density at radius 3 is 2.61 bits per heavy atom. The molecule has 33 heavy (non-hydrogen) atoms. The number of hydrazone groups is 1. The van der Waals surface area contributed by atoms with Gasteiger partial charge in [0.15, 0.2) is 11.5 Å². The quantitative estimate of drug-likeness (QED) is 0.241. The van der Waals surface area contributed by atoms with Gasteiger partial charge in [0.1, 0.15) is 18.1 Å². The van der Waals surface area contributed by atoms with E-state index in [-0.39, 0.29) is 23.7 Å². The Morgan fingerprint density at radius 2 is 1.91 bits per heavy atom. The summed E-state index contributed by atoms with van der Waals surface area (Å²) in [5, 5.41) is 22.9. The lowest BCUT2D eigenvalue weighted by Gasteiger charge is -2.11. The lowest BCUT2D eigenvalue weighted by Crippen LogP contribution is -2.18. The van der Waals surface area contributed by atoms with Crippen LogP contribution in [0.1, 0.15) is 39.2 Å². The van der Waals surface area contributed by atoms with Crippen molar-refractivity contribution < 1.29 is 33.7 Å². The number of rotatable bonds is 9. The van der Waals surface area contributed by atoms with Gasteiger partial charge in [0.05, 0.1) is 22.9 Å². The fourth-order valence-corrected chi connectivity index (χ4v) is 3.90. The van der Waals surface area contributed by atoms with Crippen molar-refractivity contribution in [2.75, 3.05) is 6.61 Å². The second kappa shape index (κ2) is 11.0. The number of hydrogen-bond donors (Lipinski definition) is 3. The summed E-state index contributed by atoms with van der Waals surface area (Å²) in [7, 11) is 0. The fourth-order valence-electron chi connectivity index (χ4n) is 2.68. The highest BCUT2D eigenvalue weighted by Crippen LogP contribution is 2.32. The number of furan rings is 1. The number of carboxylic acids is 1. The number of carbonyl (C=O) groups is 2. The zero-order valence-corrected chi connectivity index (χ0v) is 20.3. The van der Waals surface area contributed by atoms with Gasteiger partial charge < -0.3 is 24.1 Å². The average Bonchev–Trinajstić information content (AvgIpc) is 3.25. The number of ether oxygens (including phenoxy) is 2. The highest BCUT2D eigenvalue weighted by Gasteiger charge is 2.15. The van der Waals surface area contributed by atoms with Gasteiger partial charge in [0.2, 0.25) is 5.76 Å².